The van der Waals surface area contributed by atoms with Crippen LogP contribution in [-0.4, -0.2) is 30.9 Å². The van der Waals surface area contributed by atoms with Crippen LogP contribution in [-0.2, 0) is 4.79 Å². The molecule has 124 valence electrons. The third-order valence-corrected chi connectivity index (χ3v) is 5.10. The Hall–Kier alpha value is -1.59. The summed E-state index contributed by atoms with van der Waals surface area (Å²) in [7, 11) is 1.55. The number of carbonyl (C=O) groups is 2. The maximum absolute atomic E-state index is 12.3. The summed E-state index contributed by atoms with van der Waals surface area (Å²) in [5.74, 6) is 0.182. The summed E-state index contributed by atoms with van der Waals surface area (Å²) in [6.07, 6.45) is 5.15. The Morgan fingerprint density at radius 3 is 2.61 bits per heavy atom. The monoisotopic (exact) mass is 335 g/mol. The first kappa shape index (κ1) is 16.3. The number of hydrogen-bond acceptors (Lipinski definition) is 3. The van der Waals surface area contributed by atoms with Gasteiger partial charge in [-0.05, 0) is 49.8 Å². The van der Waals surface area contributed by atoms with Crippen LogP contribution in [0.3, 0.4) is 0 Å². The summed E-state index contributed by atoms with van der Waals surface area (Å²) in [4.78, 5) is 24.0. The number of hydrogen-bond donors (Lipinski definition) is 3. The van der Waals surface area contributed by atoms with Crippen molar-refractivity contribution in [3.63, 3.8) is 0 Å². The predicted molar refractivity (Wildman–Crippen MR) is 90.8 cm³/mol. The van der Waals surface area contributed by atoms with Gasteiger partial charge in [-0.3, -0.25) is 9.59 Å². The first-order valence-electron chi connectivity index (χ1n) is 8.12. The smallest absolute Gasteiger partial charge is 0.252 e. The van der Waals surface area contributed by atoms with Crippen molar-refractivity contribution < 1.29 is 9.59 Å². The van der Waals surface area contributed by atoms with Crippen molar-refractivity contribution in [1.82, 2.24) is 10.6 Å². The highest BCUT2D eigenvalue weighted by Crippen LogP contribution is 2.33. The van der Waals surface area contributed by atoms with Crippen LogP contribution in [0.5, 0.6) is 0 Å². The number of anilines is 1. The maximum Gasteiger partial charge on any atom is 0.252 e. The van der Waals surface area contributed by atoms with Crippen molar-refractivity contribution in [2.45, 2.75) is 44.2 Å². The van der Waals surface area contributed by atoms with Gasteiger partial charge < -0.3 is 16.0 Å². The van der Waals surface area contributed by atoms with Gasteiger partial charge in [-0.25, -0.2) is 0 Å². The number of nitrogens with one attached hydrogen (secondary N) is 3. The average Bonchev–Trinajstić information content (AvgIpc) is 2.87. The molecule has 1 aromatic rings. The van der Waals surface area contributed by atoms with Crippen molar-refractivity contribution in [3.05, 3.63) is 28.8 Å². The Labute approximate surface area is 141 Å². The number of carbonyl (C=O) groups excluding carboxylic acids is 2. The van der Waals surface area contributed by atoms with Crippen LogP contribution in [0.1, 0.15) is 42.5 Å². The van der Waals surface area contributed by atoms with E-state index in [0.717, 1.165) is 12.8 Å². The molecule has 6 heteroatoms. The number of halogens is 1. The fourth-order valence-electron chi connectivity index (χ4n) is 3.73. The van der Waals surface area contributed by atoms with Gasteiger partial charge in [-0.2, -0.15) is 0 Å². The minimum absolute atomic E-state index is 0.00137. The van der Waals surface area contributed by atoms with Gasteiger partial charge in [0.2, 0.25) is 5.91 Å². The van der Waals surface area contributed by atoms with Crippen molar-refractivity contribution >= 4 is 29.1 Å². The van der Waals surface area contributed by atoms with E-state index in [1.165, 1.54) is 12.8 Å². The van der Waals surface area contributed by atoms with E-state index >= 15 is 0 Å². The van der Waals surface area contributed by atoms with Gasteiger partial charge in [-0.1, -0.05) is 11.6 Å². The molecule has 2 unspecified atom stereocenters. The molecule has 2 bridgehead atoms. The first-order chi connectivity index (χ1) is 11.0. The molecule has 0 spiro atoms. The fraction of sp³-hybridized carbons (Fsp3) is 0.529. The third kappa shape index (κ3) is 3.85. The molecule has 23 heavy (non-hydrogen) atoms. The normalized spacial score (nSPS) is 25.9. The zero-order chi connectivity index (χ0) is 16.4. The second-order valence-electron chi connectivity index (χ2n) is 6.50. The Morgan fingerprint density at radius 1 is 1.26 bits per heavy atom. The van der Waals surface area contributed by atoms with E-state index in [9.17, 15) is 9.59 Å². The van der Waals surface area contributed by atoms with Crippen molar-refractivity contribution in [2.24, 2.45) is 5.92 Å². The molecule has 0 aliphatic carbocycles. The topological polar surface area (TPSA) is 70.2 Å². The molecule has 3 rings (SSSR count). The molecule has 5 nitrogen and oxygen atoms in total. The molecule has 2 saturated heterocycles. The van der Waals surface area contributed by atoms with E-state index in [-0.39, 0.29) is 11.8 Å². The van der Waals surface area contributed by atoms with Crippen LogP contribution in [0.2, 0.25) is 5.02 Å². The molecule has 0 radical (unpaired) electrons. The van der Waals surface area contributed by atoms with Crippen LogP contribution in [0.4, 0.5) is 5.69 Å². The fourth-order valence-corrected chi connectivity index (χ4v) is 3.93. The second-order valence-corrected chi connectivity index (χ2v) is 6.91. The number of piperidine rings is 1. The van der Waals surface area contributed by atoms with Crippen LogP contribution in [0, 0.1) is 5.92 Å². The maximum atomic E-state index is 12.3. The van der Waals surface area contributed by atoms with Crippen LogP contribution in [0.15, 0.2) is 18.2 Å². The molecule has 0 aromatic heterocycles. The molecule has 2 heterocycles. The zero-order valence-electron chi connectivity index (χ0n) is 13.2. The highest BCUT2D eigenvalue weighted by atomic mass is 35.5. The second kappa shape index (κ2) is 6.89. The molecule has 2 aliphatic rings. The van der Waals surface area contributed by atoms with Gasteiger partial charge in [0.15, 0.2) is 0 Å². The molecule has 2 atom stereocenters. The summed E-state index contributed by atoms with van der Waals surface area (Å²) < 4.78 is 0. The lowest BCUT2D eigenvalue weighted by atomic mass is 9.89. The standard InChI is InChI=1S/C17H22ClN3O2/c1-19-17(23)14-9-13(4-5-15(14)18)21-16(22)8-10-6-11-2-3-12(7-10)20-11/h4-5,9-12,20H,2-3,6-8H2,1H3,(H,19,23)(H,21,22). The van der Waals surface area contributed by atoms with E-state index in [1.54, 1.807) is 25.2 Å². The van der Waals surface area contributed by atoms with Gasteiger partial charge in [0.25, 0.3) is 5.91 Å². The molecule has 3 N–H and O–H groups in total. The van der Waals surface area contributed by atoms with E-state index < -0.39 is 0 Å². The lowest BCUT2D eigenvalue weighted by Crippen LogP contribution is -2.39. The van der Waals surface area contributed by atoms with E-state index in [2.05, 4.69) is 16.0 Å². The minimum Gasteiger partial charge on any atom is -0.355 e. The highest BCUT2D eigenvalue weighted by molar-refractivity contribution is 6.34. The van der Waals surface area contributed by atoms with Gasteiger partial charge in [0.1, 0.15) is 0 Å². The third-order valence-electron chi connectivity index (χ3n) is 4.77. The molecular weight excluding hydrogens is 314 g/mol. The van der Waals surface area contributed by atoms with Gasteiger partial charge in [0, 0.05) is 31.2 Å². The van der Waals surface area contributed by atoms with Crippen LogP contribution in [0.25, 0.3) is 0 Å². The number of fused-ring (bicyclic) bond motifs is 2. The number of amides is 2. The Morgan fingerprint density at radius 2 is 1.96 bits per heavy atom. The van der Waals surface area contributed by atoms with Crippen LogP contribution < -0.4 is 16.0 Å². The summed E-state index contributed by atoms with van der Waals surface area (Å²) in [5, 5.41) is 9.39. The predicted octanol–water partition coefficient (Wildman–Crippen LogP) is 2.56. The lowest BCUT2D eigenvalue weighted by molar-refractivity contribution is -0.117. The SMILES string of the molecule is CNC(=O)c1cc(NC(=O)CC2CC3CCC(C2)N3)ccc1Cl. The Bertz CT molecular complexity index is 608. The van der Waals surface area contributed by atoms with E-state index in [1.807, 2.05) is 0 Å². The molecule has 2 aliphatic heterocycles. The van der Waals surface area contributed by atoms with Crippen LogP contribution >= 0.6 is 11.6 Å². The van der Waals surface area contributed by atoms with E-state index in [4.69, 9.17) is 11.6 Å². The minimum atomic E-state index is -0.263. The van der Waals surface area contributed by atoms with Crippen molar-refractivity contribution in [3.8, 4) is 0 Å². The quantitative estimate of drug-likeness (QED) is 0.792. The summed E-state index contributed by atoms with van der Waals surface area (Å²) in [6.45, 7) is 0. The van der Waals surface area contributed by atoms with E-state index in [0.29, 0.717) is 40.7 Å². The lowest BCUT2D eigenvalue weighted by Gasteiger charge is -2.28. The largest absolute Gasteiger partial charge is 0.355 e. The highest BCUT2D eigenvalue weighted by Gasteiger charge is 2.34. The Kier molecular flexibility index (Phi) is 4.87. The molecular formula is C17H22ClN3O2. The van der Waals surface area contributed by atoms with Gasteiger partial charge >= 0.3 is 0 Å². The van der Waals surface area contributed by atoms with Gasteiger partial charge in [-0.15, -0.1) is 0 Å². The molecule has 2 amide bonds. The number of benzene rings is 1. The average molecular weight is 336 g/mol. The number of rotatable bonds is 4. The van der Waals surface area contributed by atoms with Crippen molar-refractivity contribution in [2.75, 3.05) is 12.4 Å². The molecule has 0 saturated carbocycles. The molecule has 2 fully saturated rings. The summed E-state index contributed by atoms with van der Waals surface area (Å²) in [5.41, 5.74) is 0.974. The Balaban J connectivity index is 1.60. The van der Waals surface area contributed by atoms with Crippen molar-refractivity contribution in [1.29, 1.82) is 0 Å². The zero-order valence-corrected chi connectivity index (χ0v) is 14.0. The summed E-state index contributed by atoms with van der Waals surface area (Å²) >= 11 is 6.02. The first-order valence-corrected chi connectivity index (χ1v) is 8.50. The van der Waals surface area contributed by atoms with Gasteiger partial charge in [0.05, 0.1) is 10.6 Å². The summed E-state index contributed by atoms with van der Waals surface area (Å²) in [6, 6.07) is 6.14. The molecule has 1 aromatic carbocycles.